The molecule has 0 saturated heterocycles. The smallest absolute Gasteiger partial charge is 0.161 e. The van der Waals surface area contributed by atoms with Crippen molar-refractivity contribution in [1.82, 2.24) is 20.3 Å². The quantitative estimate of drug-likeness (QED) is 0.648. The molecular weight excluding hydrogens is 272 g/mol. The van der Waals surface area contributed by atoms with E-state index in [9.17, 15) is 5.11 Å². The minimum atomic E-state index is -0.592. The Morgan fingerprint density at radius 2 is 2.14 bits per heavy atom. The van der Waals surface area contributed by atoms with Crippen LogP contribution in [0.25, 0.3) is 0 Å². The molecule has 0 aliphatic rings. The highest BCUT2D eigenvalue weighted by atomic mass is 16.5. The Labute approximate surface area is 123 Å². The van der Waals surface area contributed by atoms with E-state index in [0.29, 0.717) is 31.1 Å². The van der Waals surface area contributed by atoms with E-state index in [4.69, 9.17) is 9.47 Å². The molecule has 1 heterocycles. The Morgan fingerprint density at radius 1 is 1.33 bits per heavy atom. The van der Waals surface area contributed by atoms with Crippen molar-refractivity contribution in [1.29, 1.82) is 0 Å². The maximum Gasteiger partial charge on any atom is 0.161 e. The van der Waals surface area contributed by atoms with Gasteiger partial charge < -0.3 is 19.9 Å². The monoisotopic (exact) mass is 292 g/mol. The number of rotatable bonds is 9. The molecule has 1 aromatic carbocycles. The van der Waals surface area contributed by atoms with Gasteiger partial charge in [-0.1, -0.05) is 17.3 Å². The maximum absolute atomic E-state index is 9.87. The molecule has 0 saturated carbocycles. The molecule has 0 radical (unpaired) electrons. The van der Waals surface area contributed by atoms with Crippen molar-refractivity contribution in [2.24, 2.45) is 0 Å². The highest BCUT2D eigenvalue weighted by Crippen LogP contribution is 2.25. The predicted octanol–water partition coefficient (Wildman–Crippen LogP) is 0.316. The van der Waals surface area contributed by atoms with Crippen molar-refractivity contribution < 1.29 is 14.6 Å². The summed E-state index contributed by atoms with van der Waals surface area (Å²) in [6, 6.07) is 7.36. The number of para-hydroxylation sites is 2. The molecule has 1 atom stereocenters. The largest absolute Gasteiger partial charge is 0.493 e. The van der Waals surface area contributed by atoms with Gasteiger partial charge in [0.15, 0.2) is 11.5 Å². The molecule has 21 heavy (non-hydrogen) atoms. The van der Waals surface area contributed by atoms with Gasteiger partial charge in [0.05, 0.1) is 19.9 Å². The molecular formula is C14H20N4O3. The summed E-state index contributed by atoms with van der Waals surface area (Å²) in [6.07, 6.45) is 2.84. The van der Waals surface area contributed by atoms with Gasteiger partial charge in [-0.15, -0.1) is 5.10 Å². The second-order valence-electron chi connectivity index (χ2n) is 4.49. The van der Waals surface area contributed by atoms with Crippen LogP contribution in [0.15, 0.2) is 36.7 Å². The fourth-order valence-electron chi connectivity index (χ4n) is 1.80. The number of hydrogen-bond acceptors (Lipinski definition) is 6. The van der Waals surface area contributed by atoms with Crippen LogP contribution in [0, 0.1) is 0 Å². The van der Waals surface area contributed by atoms with Crippen LogP contribution in [0.4, 0.5) is 0 Å². The van der Waals surface area contributed by atoms with Crippen LogP contribution >= 0.6 is 0 Å². The summed E-state index contributed by atoms with van der Waals surface area (Å²) in [6.45, 7) is 2.07. The van der Waals surface area contributed by atoms with Gasteiger partial charge in [-0.25, -0.2) is 0 Å². The number of aliphatic hydroxyl groups excluding tert-OH is 1. The summed E-state index contributed by atoms with van der Waals surface area (Å²) in [4.78, 5) is 0. The molecule has 0 spiro atoms. The van der Waals surface area contributed by atoms with Gasteiger partial charge in [-0.2, -0.15) is 0 Å². The number of ether oxygens (including phenoxy) is 2. The Kier molecular flexibility index (Phi) is 5.99. The summed E-state index contributed by atoms with van der Waals surface area (Å²) in [5.74, 6) is 1.28. The molecule has 0 amide bonds. The molecule has 2 rings (SSSR count). The molecule has 7 heteroatoms. The minimum Gasteiger partial charge on any atom is -0.493 e. The average Bonchev–Trinajstić information content (AvgIpc) is 3.03. The van der Waals surface area contributed by atoms with Crippen LogP contribution in [0.5, 0.6) is 11.5 Å². The number of methoxy groups -OCH3 is 1. The Morgan fingerprint density at radius 3 is 2.86 bits per heavy atom. The molecule has 0 bridgehead atoms. The second-order valence-corrected chi connectivity index (χ2v) is 4.49. The van der Waals surface area contributed by atoms with E-state index >= 15 is 0 Å². The van der Waals surface area contributed by atoms with Crippen molar-refractivity contribution >= 4 is 0 Å². The third-order valence-corrected chi connectivity index (χ3v) is 2.87. The topological polar surface area (TPSA) is 81.4 Å². The Bertz CT molecular complexity index is 519. The SMILES string of the molecule is COc1ccccc1OCC(O)CNCCn1ccnn1. The van der Waals surface area contributed by atoms with E-state index in [2.05, 4.69) is 15.6 Å². The minimum absolute atomic E-state index is 0.205. The first-order valence-electron chi connectivity index (χ1n) is 6.78. The maximum atomic E-state index is 9.87. The Balaban J connectivity index is 1.64. The van der Waals surface area contributed by atoms with Crippen molar-refractivity contribution in [3.63, 3.8) is 0 Å². The van der Waals surface area contributed by atoms with E-state index in [-0.39, 0.29) is 6.61 Å². The van der Waals surface area contributed by atoms with Crippen LogP contribution in [0.1, 0.15) is 0 Å². The number of nitrogens with one attached hydrogen (secondary N) is 1. The van der Waals surface area contributed by atoms with Crippen molar-refractivity contribution in [2.45, 2.75) is 12.6 Å². The summed E-state index contributed by atoms with van der Waals surface area (Å²) >= 11 is 0. The van der Waals surface area contributed by atoms with Gasteiger partial charge in [0, 0.05) is 19.3 Å². The van der Waals surface area contributed by atoms with Crippen LogP contribution in [-0.2, 0) is 6.54 Å². The summed E-state index contributed by atoms with van der Waals surface area (Å²) in [7, 11) is 1.59. The average molecular weight is 292 g/mol. The van der Waals surface area contributed by atoms with Crippen molar-refractivity contribution in [3.05, 3.63) is 36.7 Å². The van der Waals surface area contributed by atoms with Crippen molar-refractivity contribution in [3.8, 4) is 11.5 Å². The molecule has 0 fully saturated rings. The molecule has 0 aliphatic carbocycles. The fraction of sp³-hybridized carbons (Fsp3) is 0.429. The lowest BCUT2D eigenvalue weighted by Gasteiger charge is -2.14. The normalized spacial score (nSPS) is 12.1. The summed E-state index contributed by atoms with van der Waals surface area (Å²) < 4.78 is 12.5. The zero-order valence-electron chi connectivity index (χ0n) is 12.0. The van der Waals surface area contributed by atoms with Crippen molar-refractivity contribution in [2.75, 3.05) is 26.8 Å². The molecule has 0 aliphatic heterocycles. The lowest BCUT2D eigenvalue weighted by molar-refractivity contribution is 0.104. The number of nitrogens with zero attached hydrogens (tertiary/aromatic N) is 3. The highest BCUT2D eigenvalue weighted by molar-refractivity contribution is 5.39. The van der Waals surface area contributed by atoms with Gasteiger partial charge in [0.25, 0.3) is 0 Å². The van der Waals surface area contributed by atoms with Crippen LogP contribution in [0.2, 0.25) is 0 Å². The molecule has 2 N–H and O–H groups in total. The highest BCUT2D eigenvalue weighted by Gasteiger charge is 2.07. The number of hydrogen-bond donors (Lipinski definition) is 2. The lowest BCUT2D eigenvalue weighted by Crippen LogP contribution is -2.33. The van der Waals surface area contributed by atoms with Crippen LogP contribution in [0.3, 0.4) is 0 Å². The molecule has 2 aromatic rings. The Hall–Kier alpha value is -2.12. The van der Waals surface area contributed by atoms with E-state index in [1.54, 1.807) is 24.2 Å². The number of aliphatic hydroxyl groups is 1. The summed E-state index contributed by atoms with van der Waals surface area (Å²) in [5, 5.41) is 20.6. The fourth-order valence-corrected chi connectivity index (χ4v) is 1.80. The summed E-state index contributed by atoms with van der Waals surface area (Å²) in [5.41, 5.74) is 0. The molecule has 114 valence electrons. The third-order valence-electron chi connectivity index (χ3n) is 2.87. The molecule has 1 aromatic heterocycles. The molecule has 7 nitrogen and oxygen atoms in total. The van der Waals surface area contributed by atoms with E-state index in [0.717, 1.165) is 0 Å². The van der Waals surface area contributed by atoms with Crippen LogP contribution in [-0.4, -0.2) is 53.0 Å². The molecule has 1 unspecified atom stereocenters. The first-order chi connectivity index (χ1) is 10.3. The predicted molar refractivity (Wildman–Crippen MR) is 77.4 cm³/mol. The lowest BCUT2D eigenvalue weighted by atomic mass is 10.3. The number of benzene rings is 1. The van der Waals surface area contributed by atoms with Crippen LogP contribution < -0.4 is 14.8 Å². The van der Waals surface area contributed by atoms with Gasteiger partial charge in [-0.05, 0) is 12.1 Å². The zero-order chi connectivity index (χ0) is 14.9. The second kappa shape index (κ2) is 8.23. The van der Waals surface area contributed by atoms with Gasteiger partial charge in [0.2, 0.25) is 0 Å². The van der Waals surface area contributed by atoms with Gasteiger partial charge in [-0.3, -0.25) is 4.68 Å². The standard InChI is InChI=1S/C14H20N4O3/c1-20-13-4-2-3-5-14(13)21-11-12(19)10-15-6-8-18-9-7-16-17-18/h2-5,7,9,12,15,19H,6,8,10-11H2,1H3. The van der Waals surface area contributed by atoms with E-state index in [1.165, 1.54) is 0 Å². The van der Waals surface area contributed by atoms with Gasteiger partial charge >= 0.3 is 0 Å². The third kappa shape index (κ3) is 5.05. The first-order valence-corrected chi connectivity index (χ1v) is 6.78. The first kappa shape index (κ1) is 15.3. The van der Waals surface area contributed by atoms with E-state index in [1.807, 2.05) is 24.3 Å². The zero-order valence-corrected chi connectivity index (χ0v) is 12.0. The van der Waals surface area contributed by atoms with E-state index < -0.39 is 6.10 Å². The number of aromatic nitrogens is 3. The van der Waals surface area contributed by atoms with Gasteiger partial charge in [0.1, 0.15) is 12.7 Å².